The minimum Gasteiger partial charge on any atom is -0.462 e. The van der Waals surface area contributed by atoms with Gasteiger partial charge in [-0.15, -0.1) is 0 Å². The quantitative estimate of drug-likeness (QED) is 0.465. The Kier molecular flexibility index (Phi) is 6.09. The first-order valence-electron chi connectivity index (χ1n) is 10.0. The summed E-state index contributed by atoms with van der Waals surface area (Å²) in [6.07, 6.45) is 0.640. The molecular weight excluding hydrogens is 425 g/mol. The third-order valence-corrected chi connectivity index (χ3v) is 5.18. The van der Waals surface area contributed by atoms with Gasteiger partial charge >= 0.3 is 11.9 Å². The number of rotatable bonds is 7. The number of aromatic amines is 1. The maximum atomic E-state index is 16.7. The highest BCUT2D eigenvalue weighted by Gasteiger charge is 2.63. The largest absolute Gasteiger partial charge is 0.462 e. The number of fused-ring (bicyclic) bond motifs is 1. The van der Waals surface area contributed by atoms with Gasteiger partial charge in [0.15, 0.2) is 22.9 Å². The molecule has 32 heavy (non-hydrogen) atoms. The predicted molar refractivity (Wildman–Crippen MR) is 111 cm³/mol. The lowest BCUT2D eigenvalue weighted by Crippen LogP contribution is -2.53. The van der Waals surface area contributed by atoms with Crippen LogP contribution in [0.5, 0.6) is 0 Å². The van der Waals surface area contributed by atoms with Crippen molar-refractivity contribution in [3.05, 3.63) is 29.3 Å². The first-order valence-corrected chi connectivity index (χ1v) is 10.0. The standard InChI is InChI=1S/C20H26FN5O6/c1-6-19(7-30-15(28)10(2)3)17(32-16(29)11(4)5)20(21,8-31-19)26-9-23-12-13(26)24-18(22)25-14(12)27/h6,9-11,17H,1,7-8H2,2-5H3,(H3,22,24,25,27)/t17-,19-,20+/m1/s1. The highest BCUT2D eigenvalue weighted by Crippen LogP contribution is 2.44. The monoisotopic (exact) mass is 451 g/mol. The summed E-state index contributed by atoms with van der Waals surface area (Å²) in [6.45, 7) is 9.06. The van der Waals surface area contributed by atoms with Crippen LogP contribution in [0, 0.1) is 11.8 Å². The summed E-state index contributed by atoms with van der Waals surface area (Å²) in [5, 5.41) is 0. The van der Waals surface area contributed by atoms with Crippen LogP contribution in [0.1, 0.15) is 27.7 Å². The van der Waals surface area contributed by atoms with Gasteiger partial charge in [0.2, 0.25) is 5.95 Å². The second kappa shape index (κ2) is 8.34. The Labute approximate surface area is 182 Å². The smallest absolute Gasteiger partial charge is 0.308 e. The third-order valence-electron chi connectivity index (χ3n) is 5.18. The van der Waals surface area contributed by atoms with Crippen molar-refractivity contribution < 1.29 is 28.2 Å². The summed E-state index contributed by atoms with van der Waals surface area (Å²) in [6, 6.07) is 0. The molecule has 1 fully saturated rings. The first-order chi connectivity index (χ1) is 14.9. The highest BCUT2D eigenvalue weighted by molar-refractivity contribution is 5.73. The van der Waals surface area contributed by atoms with Gasteiger partial charge in [-0.3, -0.25) is 23.9 Å². The van der Waals surface area contributed by atoms with Gasteiger partial charge in [0.05, 0.1) is 11.8 Å². The Morgan fingerprint density at radius 2 is 2.06 bits per heavy atom. The number of nitrogens with two attached hydrogens (primary N) is 1. The van der Waals surface area contributed by atoms with Crippen LogP contribution >= 0.6 is 0 Å². The van der Waals surface area contributed by atoms with E-state index in [1.54, 1.807) is 27.7 Å². The molecule has 0 amide bonds. The number of nitrogen functional groups attached to an aromatic ring is 1. The van der Waals surface area contributed by atoms with Crippen LogP contribution in [0.2, 0.25) is 0 Å². The number of nitrogens with zero attached hydrogens (tertiary/aromatic N) is 3. The molecule has 3 N–H and O–H groups in total. The van der Waals surface area contributed by atoms with E-state index in [9.17, 15) is 14.4 Å². The first kappa shape index (κ1) is 23.4. The molecule has 0 aromatic carbocycles. The fraction of sp³-hybridized carbons (Fsp3) is 0.550. The zero-order valence-corrected chi connectivity index (χ0v) is 18.3. The van der Waals surface area contributed by atoms with Crippen molar-refractivity contribution in [3.8, 4) is 0 Å². The SMILES string of the molecule is C=C[C@]1(COC(=O)C(C)C)OC[C@](F)(n2cnc3c(=O)[nH]c(N)nc32)[C@@H]1OC(=O)C(C)C. The number of alkyl halides is 1. The molecule has 1 aliphatic heterocycles. The minimum absolute atomic E-state index is 0.160. The van der Waals surface area contributed by atoms with Gasteiger partial charge in [-0.2, -0.15) is 4.98 Å². The van der Waals surface area contributed by atoms with Crippen molar-refractivity contribution in [2.45, 2.75) is 45.2 Å². The summed E-state index contributed by atoms with van der Waals surface area (Å²) in [4.78, 5) is 46.8. The number of hydrogen-bond donors (Lipinski definition) is 2. The zero-order chi connectivity index (χ0) is 23.8. The van der Waals surface area contributed by atoms with E-state index in [1.165, 1.54) is 6.08 Å². The topological polar surface area (TPSA) is 151 Å². The molecule has 1 aliphatic rings. The average molecular weight is 451 g/mol. The van der Waals surface area contributed by atoms with Crippen LogP contribution in [0.4, 0.5) is 10.3 Å². The lowest BCUT2D eigenvalue weighted by Gasteiger charge is -2.35. The predicted octanol–water partition coefficient (Wildman–Crippen LogP) is 1.05. The minimum atomic E-state index is -2.56. The van der Waals surface area contributed by atoms with Crippen molar-refractivity contribution in [2.75, 3.05) is 18.9 Å². The van der Waals surface area contributed by atoms with Crippen LogP contribution in [0.25, 0.3) is 11.2 Å². The Balaban J connectivity index is 2.12. The van der Waals surface area contributed by atoms with Crippen molar-refractivity contribution in [3.63, 3.8) is 0 Å². The van der Waals surface area contributed by atoms with Gasteiger partial charge < -0.3 is 19.9 Å². The van der Waals surface area contributed by atoms with E-state index in [1.807, 2.05) is 0 Å². The van der Waals surface area contributed by atoms with Crippen LogP contribution in [0.15, 0.2) is 23.8 Å². The number of carbonyl (C=O) groups is 2. The van der Waals surface area contributed by atoms with Gasteiger partial charge in [-0.1, -0.05) is 40.3 Å². The Hall–Kier alpha value is -3.28. The molecule has 3 atom stereocenters. The molecule has 0 aliphatic carbocycles. The summed E-state index contributed by atoms with van der Waals surface area (Å²) in [5.74, 6) is -5.10. The average Bonchev–Trinajstić information content (AvgIpc) is 3.27. The number of ether oxygens (including phenoxy) is 3. The van der Waals surface area contributed by atoms with E-state index in [-0.39, 0.29) is 17.1 Å². The molecule has 0 spiro atoms. The number of H-pyrrole nitrogens is 1. The molecule has 2 aromatic heterocycles. The normalized spacial score (nSPS) is 25.4. The Morgan fingerprint density at radius 1 is 1.41 bits per heavy atom. The molecule has 12 heteroatoms. The number of halogens is 1. The van der Waals surface area contributed by atoms with E-state index in [0.29, 0.717) is 0 Å². The number of nitrogens with one attached hydrogen (secondary N) is 1. The Morgan fingerprint density at radius 3 is 2.66 bits per heavy atom. The second-order valence-corrected chi connectivity index (χ2v) is 8.24. The molecule has 3 heterocycles. The van der Waals surface area contributed by atoms with Gasteiger partial charge in [-0.25, -0.2) is 9.37 Å². The van der Waals surface area contributed by atoms with Gasteiger partial charge in [-0.05, 0) is 0 Å². The van der Waals surface area contributed by atoms with Crippen molar-refractivity contribution in [2.24, 2.45) is 11.8 Å². The highest BCUT2D eigenvalue weighted by atomic mass is 19.1. The molecule has 0 saturated carbocycles. The zero-order valence-electron chi connectivity index (χ0n) is 18.3. The van der Waals surface area contributed by atoms with E-state index in [2.05, 4.69) is 21.5 Å². The molecule has 0 radical (unpaired) electrons. The molecule has 0 bridgehead atoms. The van der Waals surface area contributed by atoms with Gasteiger partial charge in [0.25, 0.3) is 11.4 Å². The van der Waals surface area contributed by atoms with Crippen molar-refractivity contribution >= 4 is 29.1 Å². The molecule has 174 valence electrons. The van der Waals surface area contributed by atoms with Gasteiger partial charge in [0, 0.05) is 0 Å². The number of anilines is 1. The Bertz CT molecular complexity index is 1110. The van der Waals surface area contributed by atoms with E-state index in [4.69, 9.17) is 19.9 Å². The van der Waals surface area contributed by atoms with E-state index < -0.39 is 60.0 Å². The molecular formula is C20H26FN5O6. The molecule has 0 unspecified atom stereocenters. The number of aromatic nitrogens is 4. The maximum absolute atomic E-state index is 16.7. The molecule has 3 rings (SSSR count). The van der Waals surface area contributed by atoms with Crippen LogP contribution in [0.3, 0.4) is 0 Å². The molecule has 1 saturated heterocycles. The summed E-state index contributed by atoms with van der Waals surface area (Å²) in [7, 11) is 0. The number of carbonyl (C=O) groups excluding carboxylic acids is 2. The molecule has 2 aromatic rings. The third kappa shape index (κ3) is 3.85. The van der Waals surface area contributed by atoms with E-state index >= 15 is 4.39 Å². The number of imidazole rings is 1. The summed E-state index contributed by atoms with van der Waals surface area (Å²) < 4.78 is 34.1. The fourth-order valence-corrected chi connectivity index (χ4v) is 3.29. The number of esters is 2. The molecule has 11 nitrogen and oxygen atoms in total. The van der Waals surface area contributed by atoms with Crippen molar-refractivity contribution in [1.29, 1.82) is 0 Å². The lowest BCUT2D eigenvalue weighted by atomic mass is 9.93. The fourth-order valence-electron chi connectivity index (χ4n) is 3.29. The lowest BCUT2D eigenvalue weighted by molar-refractivity contribution is -0.177. The van der Waals surface area contributed by atoms with Crippen LogP contribution < -0.4 is 11.3 Å². The van der Waals surface area contributed by atoms with Crippen LogP contribution in [-0.2, 0) is 29.6 Å². The van der Waals surface area contributed by atoms with Gasteiger partial charge in [0.1, 0.15) is 19.5 Å². The second-order valence-electron chi connectivity index (χ2n) is 8.24. The van der Waals surface area contributed by atoms with Crippen LogP contribution in [-0.4, -0.2) is 56.4 Å². The van der Waals surface area contributed by atoms with E-state index in [0.717, 1.165) is 10.9 Å². The number of hydrogen-bond acceptors (Lipinski definition) is 9. The maximum Gasteiger partial charge on any atom is 0.308 e. The summed E-state index contributed by atoms with van der Waals surface area (Å²) in [5.41, 5.74) is 2.93. The summed E-state index contributed by atoms with van der Waals surface area (Å²) >= 11 is 0. The van der Waals surface area contributed by atoms with Crippen molar-refractivity contribution in [1.82, 2.24) is 19.5 Å².